The van der Waals surface area contributed by atoms with Crippen LogP contribution in [0.15, 0.2) is 103 Å². The first-order valence-electron chi connectivity index (χ1n) is 11.2. The molecule has 0 unspecified atom stereocenters. The van der Waals surface area contributed by atoms with Gasteiger partial charge >= 0.3 is 0 Å². The van der Waals surface area contributed by atoms with Gasteiger partial charge in [0.15, 0.2) is 0 Å². The average molecular weight is 462 g/mol. The van der Waals surface area contributed by atoms with Gasteiger partial charge in [0.05, 0.1) is 30.5 Å². The number of carbonyl (C=O) groups excluding carboxylic acids is 2. The third-order valence-corrected chi connectivity index (χ3v) is 6.15. The molecule has 5 aromatic rings. The summed E-state index contributed by atoms with van der Waals surface area (Å²) in [5.74, 6) is -0.248. The fourth-order valence-corrected chi connectivity index (χ4v) is 4.48. The van der Waals surface area contributed by atoms with Crippen LogP contribution in [0.3, 0.4) is 0 Å². The Morgan fingerprint density at radius 1 is 0.686 bits per heavy atom. The minimum absolute atomic E-state index is 0.112. The molecule has 5 aromatic carbocycles. The smallest absolute Gasteiger partial charge is 0.269 e. The largest absolute Gasteiger partial charge is 0.496 e. The van der Waals surface area contributed by atoms with Gasteiger partial charge in [0.1, 0.15) is 5.75 Å². The van der Waals surface area contributed by atoms with Crippen molar-refractivity contribution in [3.63, 3.8) is 0 Å². The van der Waals surface area contributed by atoms with E-state index in [1.807, 2.05) is 66.7 Å². The van der Waals surface area contributed by atoms with Crippen LogP contribution in [-0.4, -0.2) is 24.0 Å². The third-order valence-electron chi connectivity index (χ3n) is 6.15. The molecule has 0 bridgehead atoms. The number of hydrogen-bond acceptors (Lipinski definition) is 4. The van der Waals surface area contributed by atoms with E-state index in [1.54, 1.807) is 24.3 Å². The number of nitrogens with zero attached hydrogens (tertiary/aromatic N) is 1. The molecular formula is C30H23NO4. The number of fused-ring (bicyclic) bond motifs is 3. The molecule has 0 fully saturated rings. The highest BCUT2D eigenvalue weighted by Gasteiger charge is 2.39. The number of hydrogen-bond donors (Lipinski definition) is 1. The zero-order valence-corrected chi connectivity index (χ0v) is 19.1. The Hall–Kier alpha value is -4.48. The van der Waals surface area contributed by atoms with Crippen molar-refractivity contribution in [3.8, 4) is 5.75 Å². The second-order valence-corrected chi connectivity index (χ2v) is 8.12. The number of methoxy groups -OCH3 is 1. The molecule has 0 saturated heterocycles. The summed E-state index contributed by atoms with van der Waals surface area (Å²) in [6.45, 7) is 0.112. The van der Waals surface area contributed by atoms with E-state index < -0.39 is 0 Å². The average Bonchev–Trinajstić information content (AvgIpc) is 3.18. The molecule has 5 nitrogen and oxygen atoms in total. The van der Waals surface area contributed by atoms with Gasteiger partial charge in [-0.1, -0.05) is 84.9 Å². The molecule has 172 valence electrons. The van der Waals surface area contributed by atoms with Gasteiger partial charge in [0.25, 0.3) is 11.8 Å². The lowest BCUT2D eigenvalue weighted by Crippen LogP contribution is -2.29. The summed E-state index contributed by atoms with van der Waals surface area (Å²) in [5, 5.41) is 13.2. The van der Waals surface area contributed by atoms with Gasteiger partial charge in [-0.15, -0.1) is 0 Å². The highest BCUT2D eigenvalue weighted by Crippen LogP contribution is 2.36. The number of amides is 2. The van der Waals surface area contributed by atoms with Crippen molar-refractivity contribution in [2.45, 2.75) is 6.61 Å². The normalized spacial score (nSPS) is 12.5. The highest BCUT2D eigenvalue weighted by molar-refractivity contribution is 6.36. The van der Waals surface area contributed by atoms with Gasteiger partial charge in [-0.05, 0) is 39.9 Å². The van der Waals surface area contributed by atoms with E-state index in [9.17, 15) is 9.59 Å². The number of rotatable bonds is 3. The van der Waals surface area contributed by atoms with Crippen molar-refractivity contribution in [3.05, 3.63) is 120 Å². The van der Waals surface area contributed by atoms with Crippen LogP contribution in [0.4, 0.5) is 5.69 Å². The Bertz CT molecular complexity index is 1560. The van der Waals surface area contributed by atoms with Gasteiger partial charge in [0, 0.05) is 5.39 Å². The van der Waals surface area contributed by atoms with E-state index in [0.29, 0.717) is 22.6 Å². The molecule has 0 aromatic heterocycles. The zero-order valence-electron chi connectivity index (χ0n) is 19.1. The molecule has 1 N–H and O–H groups in total. The number of imide groups is 1. The van der Waals surface area contributed by atoms with Crippen molar-refractivity contribution >= 4 is 39.0 Å². The van der Waals surface area contributed by atoms with Crippen LogP contribution in [-0.2, 0) is 6.61 Å². The third kappa shape index (κ3) is 3.92. The van der Waals surface area contributed by atoms with Crippen LogP contribution in [0.1, 0.15) is 26.3 Å². The lowest BCUT2D eigenvalue weighted by Gasteiger charge is -2.16. The monoisotopic (exact) mass is 461 g/mol. The molecule has 5 heteroatoms. The number of aliphatic hydroxyl groups is 1. The van der Waals surface area contributed by atoms with E-state index in [2.05, 4.69) is 12.1 Å². The Labute approximate surface area is 202 Å². The summed E-state index contributed by atoms with van der Waals surface area (Å²) in [7, 11) is 1.49. The Morgan fingerprint density at radius 3 is 2.00 bits per heavy atom. The quantitative estimate of drug-likeness (QED) is 0.336. The van der Waals surface area contributed by atoms with E-state index in [1.165, 1.54) is 17.4 Å². The maximum Gasteiger partial charge on any atom is 0.269 e. The van der Waals surface area contributed by atoms with Crippen LogP contribution in [0.2, 0.25) is 0 Å². The molecule has 0 aliphatic carbocycles. The summed E-state index contributed by atoms with van der Waals surface area (Å²) in [4.78, 5) is 26.9. The Kier molecular flexibility index (Phi) is 6.00. The topological polar surface area (TPSA) is 66.8 Å². The number of carbonyl (C=O) groups is 2. The van der Waals surface area contributed by atoms with Crippen molar-refractivity contribution in [2.75, 3.05) is 12.0 Å². The minimum Gasteiger partial charge on any atom is -0.496 e. The van der Waals surface area contributed by atoms with E-state index in [-0.39, 0.29) is 18.4 Å². The predicted octanol–water partition coefficient (Wildman–Crippen LogP) is 5.98. The van der Waals surface area contributed by atoms with E-state index in [4.69, 9.17) is 9.84 Å². The Morgan fingerprint density at radius 2 is 1.29 bits per heavy atom. The molecule has 0 saturated carbocycles. The molecule has 1 aliphatic heterocycles. The molecule has 0 spiro atoms. The van der Waals surface area contributed by atoms with Crippen LogP contribution in [0.5, 0.6) is 5.75 Å². The van der Waals surface area contributed by atoms with Crippen molar-refractivity contribution in [1.82, 2.24) is 0 Å². The Balaban J connectivity index is 0.000000178. The van der Waals surface area contributed by atoms with Crippen LogP contribution in [0, 0.1) is 0 Å². The zero-order chi connectivity index (χ0) is 24.4. The molecule has 0 radical (unpaired) electrons. The first-order chi connectivity index (χ1) is 17.1. The molecule has 0 atom stereocenters. The number of benzene rings is 5. The standard InChI is InChI=1S/C19H13NO3.C11H10O/c1-23-16-11-5-9-14-17(16)19(22)20(18(14)21)15-10-4-7-12-6-2-3-8-13(12)15;12-8-10-6-3-5-9-4-1-2-7-11(9)10/h2-11H,1H3;1-7,12H,8H2. The first kappa shape index (κ1) is 22.3. The van der Waals surface area contributed by atoms with E-state index >= 15 is 0 Å². The van der Waals surface area contributed by atoms with Crippen molar-refractivity contribution in [1.29, 1.82) is 0 Å². The van der Waals surface area contributed by atoms with Gasteiger partial charge in [-0.25, -0.2) is 4.90 Å². The fraction of sp³-hybridized carbons (Fsp3) is 0.0667. The van der Waals surface area contributed by atoms with Crippen LogP contribution in [0.25, 0.3) is 21.5 Å². The second-order valence-electron chi connectivity index (χ2n) is 8.12. The first-order valence-corrected chi connectivity index (χ1v) is 11.2. The summed E-state index contributed by atoms with van der Waals surface area (Å²) in [6.07, 6.45) is 0. The molecule has 1 heterocycles. The van der Waals surface area contributed by atoms with Crippen molar-refractivity contribution in [2.24, 2.45) is 0 Å². The van der Waals surface area contributed by atoms with Gasteiger partial charge in [-0.3, -0.25) is 9.59 Å². The maximum atomic E-state index is 12.9. The van der Waals surface area contributed by atoms with Gasteiger partial charge in [0.2, 0.25) is 0 Å². The molecular weight excluding hydrogens is 438 g/mol. The lowest BCUT2D eigenvalue weighted by molar-refractivity contribution is 0.0926. The fourth-order valence-electron chi connectivity index (χ4n) is 4.48. The van der Waals surface area contributed by atoms with Crippen molar-refractivity contribution < 1.29 is 19.4 Å². The molecule has 2 amide bonds. The molecule has 1 aliphatic rings. The summed E-state index contributed by atoms with van der Waals surface area (Å²) >= 11 is 0. The van der Waals surface area contributed by atoms with Gasteiger partial charge < -0.3 is 9.84 Å². The predicted molar refractivity (Wildman–Crippen MR) is 138 cm³/mol. The second kappa shape index (κ2) is 9.41. The highest BCUT2D eigenvalue weighted by atomic mass is 16.5. The SMILES string of the molecule is COc1cccc2c1C(=O)N(c1cccc3ccccc13)C2=O.OCc1cccc2ccccc12. The summed E-state index contributed by atoms with van der Waals surface area (Å²) in [5.41, 5.74) is 2.29. The lowest BCUT2D eigenvalue weighted by atomic mass is 10.1. The number of ether oxygens (including phenoxy) is 1. The minimum atomic E-state index is -0.348. The molecule has 35 heavy (non-hydrogen) atoms. The number of anilines is 1. The van der Waals surface area contributed by atoms with Crippen LogP contribution < -0.4 is 9.64 Å². The summed E-state index contributed by atoms with van der Waals surface area (Å²) < 4.78 is 5.25. The van der Waals surface area contributed by atoms with E-state index in [0.717, 1.165) is 21.7 Å². The van der Waals surface area contributed by atoms with Gasteiger partial charge in [-0.2, -0.15) is 0 Å². The number of aliphatic hydroxyl groups excluding tert-OH is 1. The molecule has 6 rings (SSSR count). The maximum absolute atomic E-state index is 12.9. The van der Waals surface area contributed by atoms with Crippen LogP contribution >= 0.6 is 0 Å². The summed E-state index contributed by atoms with van der Waals surface area (Å²) in [6, 6.07) is 32.4.